The summed E-state index contributed by atoms with van der Waals surface area (Å²) in [4.78, 5) is 33.8. The van der Waals surface area contributed by atoms with Gasteiger partial charge in [0.25, 0.3) is 0 Å². The van der Waals surface area contributed by atoms with Crippen molar-refractivity contribution in [3.63, 3.8) is 0 Å². The summed E-state index contributed by atoms with van der Waals surface area (Å²) >= 11 is 0. The predicted molar refractivity (Wildman–Crippen MR) is 43.7 cm³/mol. The molecule has 0 aromatic carbocycles. The fraction of sp³-hybridized carbons (Fsp3) is 0.333. The zero-order valence-electron chi connectivity index (χ0n) is 7.03. The number of nitrogens with zero attached hydrogens (tertiary/aromatic N) is 2. The Balaban J connectivity index is 3.74. The lowest BCUT2D eigenvalue weighted by Gasteiger charge is -1.98. The molecular weight excluding hydrogens is 178 g/mol. The fourth-order valence-electron chi connectivity index (χ4n) is 0.930. The highest BCUT2D eigenvalue weighted by Crippen LogP contribution is 2.04. The third-order valence-electron chi connectivity index (χ3n) is 1.64. The molecule has 0 amide bonds. The zero-order chi connectivity index (χ0) is 10.2. The smallest absolute Gasteiger partial charge is 0.305 e. The molecule has 7 nitrogen and oxygen atoms in total. The summed E-state index contributed by atoms with van der Waals surface area (Å²) in [6.45, 7) is 1.31. The van der Waals surface area contributed by atoms with Crippen LogP contribution < -0.4 is 11.2 Å². The van der Waals surface area contributed by atoms with Crippen LogP contribution >= 0.6 is 0 Å². The van der Waals surface area contributed by atoms with Gasteiger partial charge in [-0.2, -0.15) is 0 Å². The number of hydrogen-bond acceptors (Lipinski definition) is 4. The standard InChI is InChI=1S/C6H7N3O4/c1-3-4(9(12)13)5(10)8(2)6(11)7-3/h1-2H3,(H,7,11). The number of nitrogens with one attached hydrogen (secondary N) is 1. The van der Waals surface area contributed by atoms with Gasteiger partial charge in [-0.3, -0.25) is 19.5 Å². The van der Waals surface area contributed by atoms with Crippen molar-refractivity contribution < 1.29 is 4.92 Å². The van der Waals surface area contributed by atoms with E-state index in [1.807, 2.05) is 0 Å². The predicted octanol–water partition coefficient (Wildman–Crippen LogP) is -0.710. The molecule has 1 heterocycles. The summed E-state index contributed by atoms with van der Waals surface area (Å²) in [5.74, 6) is 0. The maximum Gasteiger partial charge on any atom is 0.353 e. The first-order valence-electron chi connectivity index (χ1n) is 3.39. The summed E-state index contributed by atoms with van der Waals surface area (Å²) < 4.78 is 0.658. The van der Waals surface area contributed by atoms with Gasteiger partial charge in [0.05, 0.1) is 4.92 Å². The first kappa shape index (κ1) is 9.17. The third kappa shape index (κ3) is 1.35. The maximum atomic E-state index is 11.2. The molecule has 0 bridgehead atoms. The highest BCUT2D eigenvalue weighted by molar-refractivity contribution is 5.30. The van der Waals surface area contributed by atoms with Crippen LogP contribution in [0.3, 0.4) is 0 Å². The van der Waals surface area contributed by atoms with E-state index < -0.39 is 21.9 Å². The SMILES string of the molecule is Cc1[nH]c(=O)n(C)c(=O)c1[N+](=O)[O-]. The lowest BCUT2D eigenvalue weighted by atomic mass is 10.4. The summed E-state index contributed by atoms with van der Waals surface area (Å²) in [6, 6.07) is 0. The first-order valence-corrected chi connectivity index (χ1v) is 3.39. The second kappa shape index (κ2) is 2.85. The topological polar surface area (TPSA) is 98.0 Å². The van der Waals surface area contributed by atoms with Gasteiger partial charge in [-0.25, -0.2) is 4.79 Å². The quantitative estimate of drug-likeness (QED) is 0.461. The Labute approximate surface area is 71.8 Å². The number of H-pyrrole nitrogens is 1. The van der Waals surface area contributed by atoms with Crippen LogP contribution in [0.15, 0.2) is 9.59 Å². The maximum absolute atomic E-state index is 11.2. The Kier molecular flexibility index (Phi) is 2.01. The van der Waals surface area contributed by atoms with E-state index in [1.165, 1.54) is 14.0 Å². The van der Waals surface area contributed by atoms with Crippen LogP contribution in [0.4, 0.5) is 5.69 Å². The second-order valence-corrected chi connectivity index (χ2v) is 2.53. The van der Waals surface area contributed by atoms with E-state index in [-0.39, 0.29) is 5.69 Å². The number of rotatable bonds is 1. The molecule has 0 saturated carbocycles. The second-order valence-electron chi connectivity index (χ2n) is 2.53. The van der Waals surface area contributed by atoms with Gasteiger partial charge in [0, 0.05) is 7.05 Å². The molecule has 1 aromatic heterocycles. The first-order chi connectivity index (χ1) is 5.95. The van der Waals surface area contributed by atoms with Crippen molar-refractivity contribution in [3.05, 3.63) is 36.6 Å². The highest BCUT2D eigenvalue weighted by atomic mass is 16.6. The lowest BCUT2D eigenvalue weighted by Crippen LogP contribution is -2.34. The normalized spacial score (nSPS) is 10.0. The summed E-state index contributed by atoms with van der Waals surface area (Å²) in [5, 5.41) is 10.4. The van der Waals surface area contributed by atoms with Crippen molar-refractivity contribution in [2.75, 3.05) is 0 Å². The Morgan fingerprint density at radius 3 is 2.46 bits per heavy atom. The van der Waals surface area contributed by atoms with E-state index in [4.69, 9.17) is 0 Å². The van der Waals surface area contributed by atoms with Crippen molar-refractivity contribution in [1.82, 2.24) is 9.55 Å². The van der Waals surface area contributed by atoms with Gasteiger partial charge < -0.3 is 4.98 Å². The van der Waals surface area contributed by atoms with Crippen molar-refractivity contribution in [2.24, 2.45) is 7.05 Å². The van der Waals surface area contributed by atoms with E-state index >= 15 is 0 Å². The molecule has 0 saturated heterocycles. The average Bonchev–Trinajstić information content (AvgIpc) is 1.99. The molecule has 0 aliphatic heterocycles. The highest BCUT2D eigenvalue weighted by Gasteiger charge is 2.19. The van der Waals surface area contributed by atoms with Crippen LogP contribution in [0.1, 0.15) is 5.69 Å². The third-order valence-corrected chi connectivity index (χ3v) is 1.64. The number of aryl methyl sites for hydroxylation is 1. The van der Waals surface area contributed by atoms with Crippen LogP contribution in [0.25, 0.3) is 0 Å². The molecule has 0 radical (unpaired) electrons. The molecule has 0 unspecified atom stereocenters. The molecule has 0 spiro atoms. The molecule has 7 heteroatoms. The monoisotopic (exact) mass is 185 g/mol. The largest absolute Gasteiger partial charge is 0.353 e. The molecule has 1 aromatic rings. The molecule has 70 valence electrons. The molecule has 0 aliphatic rings. The molecule has 1 N–H and O–H groups in total. The van der Waals surface area contributed by atoms with Gasteiger partial charge in [0.2, 0.25) is 0 Å². The van der Waals surface area contributed by atoms with Crippen molar-refractivity contribution in [1.29, 1.82) is 0 Å². The van der Waals surface area contributed by atoms with Crippen LogP contribution in [0.2, 0.25) is 0 Å². The molecule has 1 rings (SSSR count). The number of hydrogen-bond donors (Lipinski definition) is 1. The molecule has 0 fully saturated rings. The van der Waals surface area contributed by atoms with Crippen LogP contribution in [0.5, 0.6) is 0 Å². The molecule has 0 atom stereocenters. The van der Waals surface area contributed by atoms with Crippen LogP contribution in [0, 0.1) is 17.0 Å². The van der Waals surface area contributed by atoms with Crippen molar-refractivity contribution in [3.8, 4) is 0 Å². The number of aromatic amines is 1. The Morgan fingerprint density at radius 2 is 2.00 bits per heavy atom. The zero-order valence-corrected chi connectivity index (χ0v) is 7.03. The molecule has 0 aliphatic carbocycles. The summed E-state index contributed by atoms with van der Waals surface area (Å²) in [5.41, 5.74) is -2.18. The Bertz CT molecular complexity index is 470. The average molecular weight is 185 g/mol. The summed E-state index contributed by atoms with van der Waals surface area (Å²) in [7, 11) is 1.17. The lowest BCUT2D eigenvalue weighted by molar-refractivity contribution is -0.387. The minimum atomic E-state index is -0.897. The number of nitro groups is 1. The number of aromatic nitrogens is 2. The molecular formula is C6H7N3O4. The minimum absolute atomic E-state index is 0.0295. The Morgan fingerprint density at radius 1 is 1.46 bits per heavy atom. The van der Waals surface area contributed by atoms with E-state index in [9.17, 15) is 19.7 Å². The van der Waals surface area contributed by atoms with Gasteiger partial charge in [0.15, 0.2) is 0 Å². The van der Waals surface area contributed by atoms with Crippen molar-refractivity contribution in [2.45, 2.75) is 6.92 Å². The van der Waals surface area contributed by atoms with Crippen molar-refractivity contribution >= 4 is 5.69 Å². The van der Waals surface area contributed by atoms with Gasteiger partial charge in [-0.05, 0) is 6.92 Å². The Hall–Kier alpha value is -1.92. The van der Waals surface area contributed by atoms with E-state index in [2.05, 4.69) is 4.98 Å². The van der Waals surface area contributed by atoms with Gasteiger partial charge in [0.1, 0.15) is 5.69 Å². The fourth-order valence-corrected chi connectivity index (χ4v) is 0.930. The van der Waals surface area contributed by atoms with Gasteiger partial charge in [-0.15, -0.1) is 0 Å². The van der Waals surface area contributed by atoms with E-state index in [1.54, 1.807) is 0 Å². The minimum Gasteiger partial charge on any atom is -0.305 e. The van der Waals surface area contributed by atoms with E-state index in [0.29, 0.717) is 4.57 Å². The van der Waals surface area contributed by atoms with Gasteiger partial charge in [-0.1, -0.05) is 0 Å². The van der Waals surface area contributed by atoms with Crippen LogP contribution in [-0.4, -0.2) is 14.5 Å². The van der Waals surface area contributed by atoms with Crippen LogP contribution in [-0.2, 0) is 7.05 Å². The van der Waals surface area contributed by atoms with Gasteiger partial charge >= 0.3 is 16.9 Å². The molecule has 13 heavy (non-hydrogen) atoms. The summed E-state index contributed by atoms with van der Waals surface area (Å²) in [6.07, 6.45) is 0. The van der Waals surface area contributed by atoms with E-state index in [0.717, 1.165) is 0 Å².